The van der Waals surface area contributed by atoms with Crippen molar-refractivity contribution in [1.82, 2.24) is 0 Å². The van der Waals surface area contributed by atoms with Gasteiger partial charge < -0.3 is 15.6 Å². The lowest BCUT2D eigenvalue weighted by molar-refractivity contribution is -0.137. The second-order valence-electron chi connectivity index (χ2n) is 3.43. The molecule has 4 nitrogen and oxygen atoms in total. The van der Waals surface area contributed by atoms with Crippen molar-refractivity contribution in [3.63, 3.8) is 0 Å². The van der Waals surface area contributed by atoms with E-state index in [0.29, 0.717) is 5.69 Å². The normalized spacial score (nSPS) is 12.4. The number of hydrogen-bond acceptors (Lipinski definition) is 4. The van der Waals surface area contributed by atoms with E-state index in [4.69, 9.17) is 15.6 Å². The summed E-state index contributed by atoms with van der Waals surface area (Å²) in [6.45, 7) is 2.09. The van der Waals surface area contributed by atoms with Gasteiger partial charge in [-0.1, -0.05) is 0 Å². The molecular weight excluding hydrogens is 226 g/mol. The monoisotopic (exact) mass is 241 g/mol. The van der Waals surface area contributed by atoms with Crippen LogP contribution in [0.1, 0.15) is 5.56 Å². The Bertz CT molecular complexity index is 381. The lowest BCUT2D eigenvalue weighted by Gasteiger charge is -2.12. The van der Waals surface area contributed by atoms with Crippen LogP contribution in [0.3, 0.4) is 0 Å². The molecule has 1 aromatic rings. The first-order chi connectivity index (χ1) is 7.54. The second kappa shape index (κ2) is 5.77. The molecule has 0 amide bonds. The number of thioether (sulfide) groups is 1. The van der Waals surface area contributed by atoms with Gasteiger partial charge in [0.05, 0.1) is 6.61 Å². The third-order valence-corrected chi connectivity index (χ3v) is 3.40. The number of nitrogens with two attached hydrogens (primary N) is 1. The summed E-state index contributed by atoms with van der Waals surface area (Å²) in [7, 11) is 1.49. The van der Waals surface area contributed by atoms with Gasteiger partial charge in [-0.25, -0.2) is 0 Å². The quantitative estimate of drug-likeness (QED) is 0.607. The Morgan fingerprint density at radius 3 is 2.81 bits per heavy atom. The van der Waals surface area contributed by atoms with E-state index in [9.17, 15) is 4.79 Å². The van der Waals surface area contributed by atoms with Crippen molar-refractivity contribution in [2.75, 3.05) is 19.5 Å². The Hall–Kier alpha value is -1.20. The van der Waals surface area contributed by atoms with Crippen LogP contribution in [0.2, 0.25) is 0 Å². The van der Waals surface area contributed by atoms with Crippen molar-refractivity contribution in [3.8, 4) is 0 Å². The van der Waals surface area contributed by atoms with Crippen LogP contribution in [0.4, 0.5) is 5.69 Å². The summed E-state index contributed by atoms with van der Waals surface area (Å²) in [5.74, 6) is -0.872. The smallest absolute Gasteiger partial charge is 0.319 e. The summed E-state index contributed by atoms with van der Waals surface area (Å²) in [4.78, 5) is 11.9. The SMILES string of the molecule is COCC(Sc1ccc(N)cc1C)C(=O)O. The first kappa shape index (κ1) is 12.9. The number of anilines is 1. The Morgan fingerprint density at radius 2 is 2.31 bits per heavy atom. The van der Waals surface area contributed by atoms with Gasteiger partial charge in [-0.15, -0.1) is 11.8 Å². The molecule has 0 bridgehead atoms. The fourth-order valence-corrected chi connectivity index (χ4v) is 2.27. The highest BCUT2D eigenvalue weighted by Crippen LogP contribution is 2.28. The van der Waals surface area contributed by atoms with Crippen molar-refractivity contribution in [2.24, 2.45) is 0 Å². The number of methoxy groups -OCH3 is 1. The summed E-state index contributed by atoms with van der Waals surface area (Å²) >= 11 is 1.28. The van der Waals surface area contributed by atoms with Gasteiger partial charge in [0, 0.05) is 17.7 Å². The lowest BCUT2D eigenvalue weighted by atomic mass is 10.2. The Kier molecular flexibility index (Phi) is 4.64. The molecule has 0 aliphatic rings. The first-order valence-corrected chi connectivity index (χ1v) is 5.67. The molecule has 1 rings (SSSR count). The summed E-state index contributed by atoms with van der Waals surface area (Å²) in [5.41, 5.74) is 7.29. The van der Waals surface area contributed by atoms with E-state index in [1.165, 1.54) is 18.9 Å². The van der Waals surface area contributed by atoms with Gasteiger partial charge in [0.1, 0.15) is 5.25 Å². The van der Waals surface area contributed by atoms with Gasteiger partial charge in [0.15, 0.2) is 0 Å². The molecule has 3 N–H and O–H groups in total. The fourth-order valence-electron chi connectivity index (χ4n) is 1.27. The molecule has 0 aliphatic heterocycles. The van der Waals surface area contributed by atoms with Crippen LogP contribution >= 0.6 is 11.8 Å². The zero-order valence-corrected chi connectivity index (χ0v) is 10.1. The Balaban J connectivity index is 2.81. The van der Waals surface area contributed by atoms with Crippen molar-refractivity contribution in [2.45, 2.75) is 17.1 Å². The molecule has 5 heteroatoms. The number of carboxylic acid groups (broad SMARTS) is 1. The Morgan fingerprint density at radius 1 is 1.62 bits per heavy atom. The van der Waals surface area contributed by atoms with Gasteiger partial charge in [-0.2, -0.15) is 0 Å². The molecule has 0 radical (unpaired) electrons. The molecule has 0 heterocycles. The largest absolute Gasteiger partial charge is 0.480 e. The third-order valence-electron chi connectivity index (χ3n) is 2.06. The van der Waals surface area contributed by atoms with Gasteiger partial charge >= 0.3 is 5.97 Å². The number of hydrogen-bond donors (Lipinski definition) is 2. The minimum atomic E-state index is -0.872. The third kappa shape index (κ3) is 3.43. The van der Waals surface area contributed by atoms with E-state index in [2.05, 4.69) is 0 Å². The molecule has 1 unspecified atom stereocenters. The minimum absolute atomic E-state index is 0.184. The number of rotatable bonds is 5. The highest BCUT2D eigenvalue weighted by Gasteiger charge is 2.19. The van der Waals surface area contributed by atoms with E-state index >= 15 is 0 Å². The Labute approximate surface area is 98.8 Å². The molecule has 0 spiro atoms. The summed E-state index contributed by atoms with van der Waals surface area (Å²) < 4.78 is 4.87. The summed E-state index contributed by atoms with van der Waals surface area (Å²) in [6, 6.07) is 5.43. The van der Waals surface area contributed by atoms with Crippen molar-refractivity contribution in [1.29, 1.82) is 0 Å². The van der Waals surface area contributed by atoms with E-state index < -0.39 is 11.2 Å². The average Bonchev–Trinajstić information content (AvgIpc) is 2.20. The van der Waals surface area contributed by atoms with Crippen LogP contribution in [0.25, 0.3) is 0 Å². The second-order valence-corrected chi connectivity index (χ2v) is 4.67. The van der Waals surface area contributed by atoms with Gasteiger partial charge in [-0.05, 0) is 30.7 Å². The van der Waals surface area contributed by atoms with Crippen LogP contribution in [0, 0.1) is 6.92 Å². The van der Waals surface area contributed by atoms with Gasteiger partial charge in [0.25, 0.3) is 0 Å². The number of carbonyl (C=O) groups is 1. The molecule has 0 aliphatic carbocycles. The topological polar surface area (TPSA) is 72.5 Å². The van der Waals surface area contributed by atoms with Gasteiger partial charge in [-0.3, -0.25) is 4.79 Å². The van der Waals surface area contributed by atoms with Crippen LogP contribution in [-0.4, -0.2) is 30.0 Å². The number of nitrogen functional groups attached to an aromatic ring is 1. The van der Waals surface area contributed by atoms with Crippen LogP contribution in [0.15, 0.2) is 23.1 Å². The molecule has 0 saturated carbocycles. The van der Waals surface area contributed by atoms with E-state index in [1.54, 1.807) is 6.07 Å². The molecule has 88 valence electrons. The van der Waals surface area contributed by atoms with Crippen molar-refractivity contribution in [3.05, 3.63) is 23.8 Å². The number of aliphatic carboxylic acids is 1. The van der Waals surface area contributed by atoms with Gasteiger partial charge in [0.2, 0.25) is 0 Å². The number of aryl methyl sites for hydroxylation is 1. The highest BCUT2D eigenvalue weighted by molar-refractivity contribution is 8.00. The molecule has 1 aromatic carbocycles. The van der Waals surface area contributed by atoms with Crippen LogP contribution < -0.4 is 5.73 Å². The maximum absolute atomic E-state index is 10.9. The lowest BCUT2D eigenvalue weighted by Crippen LogP contribution is -2.21. The van der Waals surface area contributed by atoms with E-state index in [0.717, 1.165) is 10.5 Å². The number of benzene rings is 1. The zero-order chi connectivity index (χ0) is 12.1. The highest BCUT2D eigenvalue weighted by atomic mass is 32.2. The molecule has 0 fully saturated rings. The average molecular weight is 241 g/mol. The molecule has 0 saturated heterocycles. The molecular formula is C11H15NO3S. The first-order valence-electron chi connectivity index (χ1n) is 4.79. The summed E-state index contributed by atoms with van der Waals surface area (Å²) in [6.07, 6.45) is 0. The van der Waals surface area contributed by atoms with Crippen LogP contribution in [-0.2, 0) is 9.53 Å². The zero-order valence-electron chi connectivity index (χ0n) is 9.27. The fraction of sp³-hybridized carbons (Fsp3) is 0.364. The molecule has 0 aromatic heterocycles. The molecule has 16 heavy (non-hydrogen) atoms. The maximum atomic E-state index is 10.9. The van der Waals surface area contributed by atoms with E-state index in [-0.39, 0.29) is 6.61 Å². The maximum Gasteiger partial charge on any atom is 0.319 e. The minimum Gasteiger partial charge on any atom is -0.480 e. The predicted octanol–water partition coefficient (Wildman–Crippen LogP) is 1.77. The van der Waals surface area contributed by atoms with E-state index in [1.807, 2.05) is 19.1 Å². The standard InChI is InChI=1S/C11H15NO3S/c1-7-5-8(12)3-4-9(7)16-10(6-15-2)11(13)14/h3-5,10H,6,12H2,1-2H3,(H,13,14). The molecule has 1 atom stereocenters. The predicted molar refractivity (Wildman–Crippen MR) is 64.7 cm³/mol. The number of carboxylic acids is 1. The summed E-state index contributed by atoms with van der Waals surface area (Å²) in [5, 5.41) is 8.40. The van der Waals surface area contributed by atoms with Crippen molar-refractivity contribution < 1.29 is 14.6 Å². The van der Waals surface area contributed by atoms with Crippen molar-refractivity contribution >= 4 is 23.4 Å². The van der Waals surface area contributed by atoms with Crippen LogP contribution in [0.5, 0.6) is 0 Å². The number of ether oxygens (including phenoxy) is 1.